The van der Waals surface area contributed by atoms with Crippen LogP contribution in [0.3, 0.4) is 0 Å². The third-order valence-corrected chi connectivity index (χ3v) is 4.23. The van der Waals surface area contributed by atoms with E-state index in [2.05, 4.69) is 4.98 Å². The largest absolute Gasteiger partial charge is 0.352 e. The summed E-state index contributed by atoms with van der Waals surface area (Å²) in [6, 6.07) is 7.89. The van der Waals surface area contributed by atoms with E-state index in [0.717, 1.165) is 27.3 Å². The molecule has 0 radical (unpaired) electrons. The van der Waals surface area contributed by atoms with Gasteiger partial charge in [0.25, 0.3) is 0 Å². The molecule has 0 aliphatic heterocycles. The smallest absolute Gasteiger partial charge is 0.168 e. The van der Waals surface area contributed by atoms with Gasteiger partial charge in [0.2, 0.25) is 0 Å². The number of hydrogen-bond donors (Lipinski definition) is 1. The number of hydrogen-bond acceptors (Lipinski definition) is 3. The monoisotopic (exact) mass is 240 g/mol. The first-order valence-corrected chi connectivity index (χ1v) is 7.15. The number of carbonyl (C=O) groups excluding carboxylic acids is 1. The van der Waals surface area contributed by atoms with Crippen molar-refractivity contribution in [2.24, 2.45) is 5.40 Å². The predicted octanol–water partition coefficient (Wildman–Crippen LogP) is 0.502. The van der Waals surface area contributed by atoms with Gasteiger partial charge in [-0.2, -0.15) is 0 Å². The van der Waals surface area contributed by atoms with Gasteiger partial charge in [-0.25, -0.2) is 4.98 Å². The number of ketones is 1. The van der Waals surface area contributed by atoms with Crippen LogP contribution >= 0.6 is 0 Å². The topological polar surface area (TPSA) is 56.0 Å². The van der Waals surface area contributed by atoms with Crippen molar-refractivity contribution in [2.45, 2.75) is 6.42 Å². The van der Waals surface area contributed by atoms with Gasteiger partial charge in [0.05, 0.1) is 11.2 Å². The molecule has 1 aliphatic rings. The van der Waals surface area contributed by atoms with Gasteiger partial charge in [0, 0.05) is 17.4 Å². The molecule has 1 heterocycles. The van der Waals surface area contributed by atoms with E-state index in [9.17, 15) is 4.79 Å². The van der Waals surface area contributed by atoms with Crippen molar-refractivity contribution in [3.8, 4) is 0 Å². The van der Waals surface area contributed by atoms with Crippen LogP contribution in [0.4, 0.5) is 0 Å². The van der Waals surface area contributed by atoms with Gasteiger partial charge < -0.3 is 5.40 Å². The quantitative estimate of drug-likeness (QED) is 0.739. The van der Waals surface area contributed by atoms with Crippen molar-refractivity contribution in [1.82, 2.24) is 4.98 Å². The third kappa shape index (κ3) is 1.53. The van der Waals surface area contributed by atoms with E-state index >= 15 is 0 Å². The molecule has 17 heavy (non-hydrogen) atoms. The van der Waals surface area contributed by atoms with Crippen LogP contribution in [-0.4, -0.2) is 20.4 Å². The normalized spacial score (nSPS) is 14.8. The van der Waals surface area contributed by atoms with Crippen LogP contribution in [0.2, 0.25) is 0 Å². The molecule has 2 N–H and O–H groups in total. The number of pyridine rings is 1. The Morgan fingerprint density at radius 1 is 1.29 bits per heavy atom. The van der Waals surface area contributed by atoms with Gasteiger partial charge >= 0.3 is 0 Å². The number of fused-ring (bicyclic) bond motifs is 2. The first kappa shape index (κ1) is 10.4. The van der Waals surface area contributed by atoms with Gasteiger partial charge in [-0.05, 0) is 17.3 Å². The summed E-state index contributed by atoms with van der Waals surface area (Å²) in [5.41, 5.74) is 2.48. The second-order valence-corrected chi connectivity index (χ2v) is 5.22. The average Bonchev–Trinajstić information content (AvgIpc) is 2.36. The van der Waals surface area contributed by atoms with Crippen LogP contribution in [0.25, 0.3) is 17.0 Å². The molecule has 1 aliphatic carbocycles. The molecule has 0 spiro atoms. The Bertz CT molecular complexity index is 649. The maximum atomic E-state index is 12.0. The van der Waals surface area contributed by atoms with Crippen molar-refractivity contribution < 1.29 is 4.79 Å². The van der Waals surface area contributed by atoms with Crippen LogP contribution in [0.15, 0.2) is 30.3 Å². The number of nitrogens with two attached hydrogens (primary N) is 1. The van der Waals surface area contributed by atoms with Crippen molar-refractivity contribution in [1.29, 1.82) is 0 Å². The number of aromatic nitrogens is 1. The summed E-state index contributed by atoms with van der Waals surface area (Å²) in [5.74, 6) is 0.147. The summed E-state index contributed by atoms with van der Waals surface area (Å²) >= 11 is 0. The van der Waals surface area contributed by atoms with E-state index < -0.39 is 9.68 Å². The second-order valence-electron chi connectivity index (χ2n) is 4.10. The second kappa shape index (κ2) is 3.91. The summed E-state index contributed by atoms with van der Waals surface area (Å²) < 4.78 is 0. The van der Waals surface area contributed by atoms with E-state index in [1.807, 2.05) is 36.4 Å². The lowest BCUT2D eigenvalue weighted by molar-refractivity contribution is 0.0995. The van der Waals surface area contributed by atoms with Crippen LogP contribution in [0.5, 0.6) is 0 Å². The molecule has 0 fully saturated rings. The number of Topliss-reactive ketones (excluding diaryl/α,β-unsaturated/α-hetero) is 1. The first-order valence-electron chi connectivity index (χ1n) is 5.62. The number of allylic oxidation sites excluding steroid dienone is 1. The minimum atomic E-state index is -0.894. The highest BCUT2D eigenvalue weighted by molar-refractivity contribution is 6.56. The Hall–Kier alpha value is -1.78. The number of nitrogens with zero attached hydrogens (tertiary/aromatic N) is 1. The lowest BCUT2D eigenvalue weighted by Gasteiger charge is -2.15. The molecule has 3 nitrogen and oxygen atoms in total. The molecule has 0 bridgehead atoms. The molecule has 0 saturated carbocycles. The zero-order chi connectivity index (χ0) is 11.8. The van der Waals surface area contributed by atoms with Gasteiger partial charge in [-0.1, -0.05) is 24.3 Å². The Morgan fingerprint density at radius 3 is 2.94 bits per heavy atom. The minimum absolute atomic E-state index is 0.147. The van der Waals surface area contributed by atoms with Crippen molar-refractivity contribution in [3.05, 3.63) is 41.6 Å². The maximum Gasteiger partial charge on any atom is 0.168 e. The van der Waals surface area contributed by atoms with Gasteiger partial charge in [-0.15, -0.1) is 0 Å². The Morgan fingerprint density at radius 2 is 2.12 bits per heavy atom. The van der Waals surface area contributed by atoms with Gasteiger partial charge in [-0.3, -0.25) is 4.79 Å². The Kier molecular flexibility index (Phi) is 2.38. The number of para-hydroxylation sites is 1. The van der Waals surface area contributed by atoms with Gasteiger partial charge in [0.1, 0.15) is 9.68 Å². The van der Waals surface area contributed by atoms with E-state index in [4.69, 9.17) is 5.40 Å². The summed E-state index contributed by atoms with van der Waals surface area (Å²) in [6.07, 6.45) is 4.26. The fourth-order valence-corrected chi connectivity index (χ4v) is 3.43. The zero-order valence-corrected chi connectivity index (χ0v) is 10.7. The zero-order valence-electron chi connectivity index (χ0n) is 9.31. The molecule has 0 atom stereocenters. The van der Waals surface area contributed by atoms with Crippen molar-refractivity contribution in [2.75, 3.05) is 0 Å². The molecule has 2 aromatic rings. The first-order chi connectivity index (χ1) is 8.31. The fourth-order valence-electron chi connectivity index (χ4n) is 2.32. The van der Waals surface area contributed by atoms with Crippen LogP contribution in [0.1, 0.15) is 22.5 Å². The summed E-state index contributed by atoms with van der Waals surface area (Å²) in [4.78, 5) is 16.5. The summed E-state index contributed by atoms with van der Waals surface area (Å²) in [7, 11) is -0.894. The summed E-state index contributed by atoms with van der Waals surface area (Å²) in [6.45, 7) is 0. The molecular weight excluding hydrogens is 228 g/mol. The SMILES string of the molecule is N[SiH2]c1c2c(nc3ccccc13)C=CCC2=O. The predicted molar refractivity (Wildman–Crippen MR) is 72.1 cm³/mol. The highest BCUT2D eigenvalue weighted by Crippen LogP contribution is 2.20. The molecule has 84 valence electrons. The molecule has 1 aromatic heterocycles. The van der Waals surface area contributed by atoms with E-state index in [1.165, 1.54) is 0 Å². The maximum absolute atomic E-state index is 12.0. The third-order valence-electron chi connectivity index (χ3n) is 3.09. The van der Waals surface area contributed by atoms with Crippen molar-refractivity contribution >= 4 is 37.6 Å². The highest BCUT2D eigenvalue weighted by atomic mass is 28.2. The van der Waals surface area contributed by atoms with Crippen molar-refractivity contribution in [3.63, 3.8) is 0 Å². The van der Waals surface area contributed by atoms with Crippen LogP contribution < -0.4 is 10.6 Å². The van der Waals surface area contributed by atoms with Crippen LogP contribution in [-0.2, 0) is 0 Å². The molecule has 0 unspecified atom stereocenters. The standard InChI is InChI=1S/C13H12N2OSi/c14-17-13-8-4-1-2-5-9(8)15-10-6-3-7-11(16)12(10)13/h1-6H,7,14,17H2. The minimum Gasteiger partial charge on any atom is -0.352 e. The van der Waals surface area contributed by atoms with Crippen LogP contribution in [0, 0.1) is 0 Å². The number of rotatable bonds is 1. The fraction of sp³-hybridized carbons (Fsp3) is 0.0769. The number of benzene rings is 1. The molecule has 4 heteroatoms. The van der Waals surface area contributed by atoms with E-state index in [0.29, 0.717) is 6.42 Å². The van der Waals surface area contributed by atoms with E-state index in [-0.39, 0.29) is 5.78 Å². The lowest BCUT2D eigenvalue weighted by Crippen LogP contribution is -2.32. The number of carbonyl (C=O) groups is 1. The molecule has 1 aromatic carbocycles. The summed E-state index contributed by atoms with van der Waals surface area (Å²) in [5, 5.41) is 8.04. The Balaban J connectivity index is 2.46. The highest BCUT2D eigenvalue weighted by Gasteiger charge is 2.20. The molecule has 0 saturated heterocycles. The van der Waals surface area contributed by atoms with Gasteiger partial charge in [0.15, 0.2) is 5.78 Å². The Labute approximate surface area is 101 Å². The van der Waals surface area contributed by atoms with E-state index in [1.54, 1.807) is 0 Å². The molecule has 0 amide bonds. The lowest BCUT2D eigenvalue weighted by atomic mass is 9.98. The molecular formula is C13H12N2OSi. The molecule has 3 rings (SSSR count). The average molecular weight is 240 g/mol.